The highest BCUT2D eigenvalue weighted by molar-refractivity contribution is 7.11. The summed E-state index contributed by atoms with van der Waals surface area (Å²) in [5.41, 5.74) is 0.489. The summed E-state index contributed by atoms with van der Waals surface area (Å²) in [6, 6.07) is 4.54. The molecule has 18 heavy (non-hydrogen) atoms. The van der Waals surface area contributed by atoms with Gasteiger partial charge in [-0.05, 0) is 49.8 Å². The average Bonchev–Trinajstić information content (AvgIpc) is 2.88. The number of hydrogen-bond donors (Lipinski definition) is 2. The van der Waals surface area contributed by atoms with E-state index in [0.717, 1.165) is 19.5 Å². The monoisotopic (exact) mass is 266 g/mol. The number of piperidine rings is 1. The minimum Gasteiger partial charge on any atom is -0.316 e. The van der Waals surface area contributed by atoms with E-state index in [0.29, 0.717) is 5.41 Å². The number of hydrogen-bond acceptors (Lipinski definition) is 3. The second-order valence-electron chi connectivity index (χ2n) is 5.46. The lowest BCUT2D eigenvalue weighted by atomic mass is 9.78. The molecule has 2 rings (SSSR count). The van der Waals surface area contributed by atoms with E-state index in [1.807, 2.05) is 11.3 Å². The van der Waals surface area contributed by atoms with Crippen molar-refractivity contribution >= 4 is 11.3 Å². The first-order valence-electron chi connectivity index (χ1n) is 7.27. The van der Waals surface area contributed by atoms with Gasteiger partial charge in [-0.2, -0.15) is 0 Å². The summed E-state index contributed by atoms with van der Waals surface area (Å²) in [5.74, 6) is 0. The van der Waals surface area contributed by atoms with Crippen LogP contribution in [0.25, 0.3) is 0 Å². The Morgan fingerprint density at radius 3 is 2.78 bits per heavy atom. The number of rotatable bonds is 6. The summed E-state index contributed by atoms with van der Waals surface area (Å²) in [5, 5.41) is 7.22. The molecule has 0 bridgehead atoms. The van der Waals surface area contributed by atoms with Crippen molar-refractivity contribution in [3.8, 4) is 0 Å². The van der Waals surface area contributed by atoms with Gasteiger partial charge in [-0.3, -0.25) is 0 Å². The maximum absolute atomic E-state index is 3.67. The van der Waals surface area contributed by atoms with Crippen LogP contribution < -0.4 is 10.6 Å². The molecule has 2 N–H and O–H groups in total. The Morgan fingerprint density at radius 1 is 1.33 bits per heavy atom. The first-order chi connectivity index (χ1) is 8.78. The van der Waals surface area contributed by atoms with Crippen LogP contribution >= 0.6 is 11.3 Å². The normalized spacial score (nSPS) is 24.3. The molecule has 0 spiro atoms. The van der Waals surface area contributed by atoms with Crippen LogP contribution in [0.4, 0.5) is 0 Å². The predicted molar refractivity (Wildman–Crippen MR) is 80.2 cm³/mol. The van der Waals surface area contributed by atoms with E-state index in [1.54, 1.807) is 0 Å². The third kappa shape index (κ3) is 3.56. The zero-order chi connectivity index (χ0) is 12.8. The largest absolute Gasteiger partial charge is 0.316 e. The fourth-order valence-electron chi connectivity index (χ4n) is 2.77. The van der Waals surface area contributed by atoms with Crippen molar-refractivity contribution in [2.24, 2.45) is 5.41 Å². The summed E-state index contributed by atoms with van der Waals surface area (Å²) in [4.78, 5) is 2.97. The van der Waals surface area contributed by atoms with Crippen LogP contribution in [0.3, 0.4) is 0 Å². The van der Waals surface area contributed by atoms with E-state index in [4.69, 9.17) is 0 Å². The topological polar surface area (TPSA) is 24.1 Å². The van der Waals surface area contributed by atoms with Gasteiger partial charge in [0.2, 0.25) is 0 Å². The molecule has 1 aliphatic rings. The SMILES string of the molecule is CCc1ccc(CNCC2(CC)CCCNC2)s1. The molecule has 0 radical (unpaired) electrons. The van der Waals surface area contributed by atoms with Crippen molar-refractivity contribution in [2.45, 2.75) is 46.1 Å². The molecule has 0 aliphatic carbocycles. The molecular weight excluding hydrogens is 240 g/mol. The van der Waals surface area contributed by atoms with Gasteiger partial charge >= 0.3 is 0 Å². The fraction of sp³-hybridized carbons (Fsp3) is 0.733. The molecule has 1 aromatic heterocycles. The molecule has 102 valence electrons. The second kappa shape index (κ2) is 6.69. The zero-order valence-corrected chi connectivity index (χ0v) is 12.5. The Kier molecular flexibility index (Phi) is 5.22. The number of thiophene rings is 1. The van der Waals surface area contributed by atoms with Crippen LogP contribution in [-0.2, 0) is 13.0 Å². The Hall–Kier alpha value is -0.380. The Labute approximate surface area is 115 Å². The molecule has 1 aromatic rings. The lowest BCUT2D eigenvalue weighted by Crippen LogP contribution is -2.45. The Bertz CT molecular complexity index is 353. The summed E-state index contributed by atoms with van der Waals surface area (Å²) < 4.78 is 0. The van der Waals surface area contributed by atoms with Gasteiger partial charge < -0.3 is 10.6 Å². The quantitative estimate of drug-likeness (QED) is 0.826. The average molecular weight is 266 g/mol. The summed E-state index contributed by atoms with van der Waals surface area (Å²) in [7, 11) is 0. The predicted octanol–water partition coefficient (Wildman–Crippen LogP) is 3.18. The van der Waals surface area contributed by atoms with Gasteiger partial charge in [0.05, 0.1) is 0 Å². The lowest BCUT2D eigenvalue weighted by Gasteiger charge is -2.37. The van der Waals surface area contributed by atoms with E-state index < -0.39 is 0 Å². The highest BCUT2D eigenvalue weighted by Crippen LogP contribution is 2.29. The summed E-state index contributed by atoms with van der Waals surface area (Å²) in [6.07, 6.45) is 5.13. The minimum atomic E-state index is 0.489. The van der Waals surface area contributed by atoms with Crippen molar-refractivity contribution in [3.05, 3.63) is 21.9 Å². The maximum Gasteiger partial charge on any atom is 0.0300 e. The Balaban J connectivity index is 1.79. The Morgan fingerprint density at radius 2 is 2.17 bits per heavy atom. The first kappa shape index (κ1) is 14.0. The van der Waals surface area contributed by atoms with Crippen LogP contribution in [0.5, 0.6) is 0 Å². The standard InChI is InChI=1S/C15H26N2S/c1-3-13-6-7-14(18-13)10-17-12-15(4-2)8-5-9-16-11-15/h6-7,16-17H,3-5,8-12H2,1-2H3. The molecule has 1 aliphatic heterocycles. The molecule has 0 saturated carbocycles. The molecule has 3 heteroatoms. The summed E-state index contributed by atoms with van der Waals surface area (Å²) in [6.45, 7) is 9.12. The molecular formula is C15H26N2S. The number of nitrogens with one attached hydrogen (secondary N) is 2. The van der Waals surface area contributed by atoms with Crippen LogP contribution in [0.1, 0.15) is 42.9 Å². The lowest BCUT2D eigenvalue weighted by molar-refractivity contribution is 0.192. The second-order valence-corrected chi connectivity index (χ2v) is 6.71. The van der Waals surface area contributed by atoms with Crippen molar-refractivity contribution < 1.29 is 0 Å². The van der Waals surface area contributed by atoms with Gasteiger partial charge in [-0.1, -0.05) is 13.8 Å². The molecule has 1 unspecified atom stereocenters. The van der Waals surface area contributed by atoms with Crippen molar-refractivity contribution in [3.63, 3.8) is 0 Å². The van der Waals surface area contributed by atoms with Gasteiger partial charge in [0.25, 0.3) is 0 Å². The van der Waals surface area contributed by atoms with Crippen molar-refractivity contribution in [1.82, 2.24) is 10.6 Å². The van der Waals surface area contributed by atoms with Crippen molar-refractivity contribution in [2.75, 3.05) is 19.6 Å². The molecule has 1 atom stereocenters. The molecule has 0 amide bonds. The molecule has 2 nitrogen and oxygen atoms in total. The van der Waals surface area contributed by atoms with Crippen LogP contribution in [0, 0.1) is 5.41 Å². The van der Waals surface area contributed by atoms with E-state index in [9.17, 15) is 0 Å². The minimum absolute atomic E-state index is 0.489. The van der Waals surface area contributed by atoms with Crippen LogP contribution in [-0.4, -0.2) is 19.6 Å². The molecule has 0 aromatic carbocycles. The van der Waals surface area contributed by atoms with E-state index in [2.05, 4.69) is 36.6 Å². The van der Waals surface area contributed by atoms with E-state index in [1.165, 1.54) is 42.1 Å². The van der Waals surface area contributed by atoms with Crippen LogP contribution in [0.15, 0.2) is 12.1 Å². The van der Waals surface area contributed by atoms with Crippen LogP contribution in [0.2, 0.25) is 0 Å². The van der Waals surface area contributed by atoms with Gasteiger partial charge in [-0.25, -0.2) is 0 Å². The van der Waals surface area contributed by atoms with Gasteiger partial charge in [0.15, 0.2) is 0 Å². The molecule has 2 heterocycles. The highest BCUT2D eigenvalue weighted by Gasteiger charge is 2.29. The van der Waals surface area contributed by atoms with Gasteiger partial charge in [0, 0.05) is 29.4 Å². The highest BCUT2D eigenvalue weighted by atomic mass is 32.1. The summed E-state index contributed by atoms with van der Waals surface area (Å²) >= 11 is 1.95. The third-order valence-corrected chi connectivity index (χ3v) is 5.41. The molecule has 1 fully saturated rings. The van der Waals surface area contributed by atoms with E-state index >= 15 is 0 Å². The molecule has 1 saturated heterocycles. The maximum atomic E-state index is 3.67. The van der Waals surface area contributed by atoms with Crippen molar-refractivity contribution in [1.29, 1.82) is 0 Å². The third-order valence-electron chi connectivity index (χ3n) is 4.18. The smallest absolute Gasteiger partial charge is 0.0300 e. The first-order valence-corrected chi connectivity index (χ1v) is 8.09. The zero-order valence-electron chi connectivity index (χ0n) is 11.7. The van der Waals surface area contributed by atoms with Gasteiger partial charge in [-0.15, -0.1) is 11.3 Å². The van der Waals surface area contributed by atoms with Gasteiger partial charge in [0.1, 0.15) is 0 Å². The van der Waals surface area contributed by atoms with E-state index in [-0.39, 0.29) is 0 Å². The fourth-order valence-corrected chi connectivity index (χ4v) is 3.69. The number of aryl methyl sites for hydroxylation is 1.